The van der Waals surface area contributed by atoms with E-state index in [9.17, 15) is 0 Å². The molecule has 0 spiro atoms. The van der Waals surface area contributed by atoms with Crippen LogP contribution in [0.1, 0.15) is 25.0 Å². The molecule has 1 aromatic rings. The van der Waals surface area contributed by atoms with Gasteiger partial charge in [-0.05, 0) is 31.5 Å². The van der Waals surface area contributed by atoms with E-state index in [1.807, 2.05) is 6.20 Å². The first kappa shape index (κ1) is 10.5. The van der Waals surface area contributed by atoms with Gasteiger partial charge in [0.1, 0.15) is 0 Å². The van der Waals surface area contributed by atoms with Crippen LogP contribution in [0.3, 0.4) is 0 Å². The number of nitrogens with one attached hydrogen (secondary N) is 2. The number of piperidine rings is 1. The van der Waals surface area contributed by atoms with Gasteiger partial charge >= 0.3 is 0 Å². The molecule has 1 aromatic heterocycles. The van der Waals surface area contributed by atoms with Gasteiger partial charge in [0.2, 0.25) is 0 Å². The highest BCUT2D eigenvalue weighted by Gasteiger charge is 2.23. The van der Waals surface area contributed by atoms with Crippen LogP contribution in [0.4, 0.5) is 0 Å². The SMILES string of the molecule is CC1CNCCC1c1ccn[nH]1.Cl. The Morgan fingerprint density at radius 1 is 1.54 bits per heavy atom. The minimum atomic E-state index is 0. The molecule has 1 aliphatic rings. The molecule has 2 unspecified atom stereocenters. The maximum atomic E-state index is 3.99. The van der Waals surface area contributed by atoms with Crippen molar-refractivity contribution in [1.82, 2.24) is 15.5 Å². The van der Waals surface area contributed by atoms with Crippen molar-refractivity contribution in [3.63, 3.8) is 0 Å². The third kappa shape index (κ3) is 2.23. The number of aromatic amines is 1. The Kier molecular flexibility index (Phi) is 3.75. The molecular formula is C9H16ClN3. The van der Waals surface area contributed by atoms with Crippen molar-refractivity contribution >= 4 is 12.4 Å². The third-order valence-electron chi connectivity index (χ3n) is 2.71. The molecule has 1 aliphatic heterocycles. The quantitative estimate of drug-likeness (QED) is 0.724. The summed E-state index contributed by atoms with van der Waals surface area (Å²) in [5.74, 6) is 1.40. The van der Waals surface area contributed by atoms with E-state index in [1.165, 1.54) is 12.1 Å². The summed E-state index contributed by atoms with van der Waals surface area (Å²) in [7, 11) is 0. The van der Waals surface area contributed by atoms with Crippen LogP contribution in [0.25, 0.3) is 0 Å². The van der Waals surface area contributed by atoms with Crippen molar-refractivity contribution < 1.29 is 0 Å². The summed E-state index contributed by atoms with van der Waals surface area (Å²) in [4.78, 5) is 0. The summed E-state index contributed by atoms with van der Waals surface area (Å²) < 4.78 is 0. The highest BCUT2D eigenvalue weighted by atomic mass is 35.5. The summed E-state index contributed by atoms with van der Waals surface area (Å²) in [6.45, 7) is 4.55. The average Bonchev–Trinajstić information content (AvgIpc) is 2.57. The van der Waals surface area contributed by atoms with Crippen molar-refractivity contribution in [2.45, 2.75) is 19.3 Å². The van der Waals surface area contributed by atoms with E-state index in [-0.39, 0.29) is 12.4 Å². The molecule has 1 saturated heterocycles. The molecule has 2 N–H and O–H groups in total. The van der Waals surface area contributed by atoms with Crippen LogP contribution in [0, 0.1) is 5.92 Å². The van der Waals surface area contributed by atoms with Crippen LogP contribution in [0.15, 0.2) is 12.3 Å². The van der Waals surface area contributed by atoms with E-state index in [0.717, 1.165) is 19.0 Å². The Morgan fingerprint density at radius 3 is 3.00 bits per heavy atom. The van der Waals surface area contributed by atoms with E-state index in [0.29, 0.717) is 5.92 Å². The minimum Gasteiger partial charge on any atom is -0.316 e. The summed E-state index contributed by atoms with van der Waals surface area (Å²) in [6, 6.07) is 2.09. The molecule has 1 fully saturated rings. The fourth-order valence-electron chi connectivity index (χ4n) is 1.95. The van der Waals surface area contributed by atoms with Crippen molar-refractivity contribution in [2.75, 3.05) is 13.1 Å². The lowest BCUT2D eigenvalue weighted by molar-refractivity contribution is 0.344. The van der Waals surface area contributed by atoms with Crippen LogP contribution >= 0.6 is 12.4 Å². The van der Waals surface area contributed by atoms with E-state index in [1.54, 1.807) is 0 Å². The van der Waals surface area contributed by atoms with Gasteiger partial charge in [-0.3, -0.25) is 5.10 Å². The second kappa shape index (κ2) is 4.63. The number of aromatic nitrogens is 2. The van der Waals surface area contributed by atoms with Crippen LogP contribution < -0.4 is 5.32 Å². The molecule has 0 bridgehead atoms. The van der Waals surface area contributed by atoms with Crippen molar-refractivity contribution in [2.24, 2.45) is 5.92 Å². The smallest absolute Gasteiger partial charge is 0.0490 e. The zero-order valence-electron chi connectivity index (χ0n) is 7.79. The molecular weight excluding hydrogens is 186 g/mol. The van der Waals surface area contributed by atoms with Crippen molar-refractivity contribution in [3.05, 3.63) is 18.0 Å². The predicted octanol–water partition coefficient (Wildman–Crippen LogP) is 1.54. The van der Waals surface area contributed by atoms with Crippen LogP contribution in [-0.2, 0) is 0 Å². The molecule has 0 aromatic carbocycles. The molecule has 2 atom stereocenters. The maximum absolute atomic E-state index is 3.99. The molecule has 74 valence electrons. The van der Waals surface area contributed by atoms with Gasteiger partial charge in [0.15, 0.2) is 0 Å². The zero-order valence-corrected chi connectivity index (χ0v) is 8.60. The average molecular weight is 202 g/mol. The molecule has 0 aliphatic carbocycles. The van der Waals surface area contributed by atoms with E-state index in [2.05, 4.69) is 28.5 Å². The molecule has 2 heterocycles. The summed E-state index contributed by atoms with van der Waals surface area (Å²) in [5, 5.41) is 10.4. The second-order valence-electron chi connectivity index (χ2n) is 3.59. The van der Waals surface area contributed by atoms with E-state index in [4.69, 9.17) is 0 Å². The van der Waals surface area contributed by atoms with Gasteiger partial charge in [-0.25, -0.2) is 0 Å². The van der Waals surface area contributed by atoms with E-state index >= 15 is 0 Å². The summed E-state index contributed by atoms with van der Waals surface area (Å²) in [5.41, 5.74) is 1.30. The topological polar surface area (TPSA) is 40.7 Å². The Morgan fingerprint density at radius 2 is 2.38 bits per heavy atom. The van der Waals surface area contributed by atoms with Crippen LogP contribution in [0.5, 0.6) is 0 Å². The first-order valence-electron chi connectivity index (χ1n) is 4.58. The molecule has 2 rings (SSSR count). The lowest BCUT2D eigenvalue weighted by Gasteiger charge is -2.28. The predicted molar refractivity (Wildman–Crippen MR) is 55.2 cm³/mol. The van der Waals surface area contributed by atoms with Gasteiger partial charge in [-0.2, -0.15) is 5.10 Å². The Balaban J connectivity index is 0.000000845. The van der Waals surface area contributed by atoms with Gasteiger partial charge in [-0.1, -0.05) is 6.92 Å². The summed E-state index contributed by atoms with van der Waals surface area (Å²) in [6.07, 6.45) is 3.06. The van der Waals surface area contributed by atoms with Gasteiger partial charge < -0.3 is 5.32 Å². The summed E-state index contributed by atoms with van der Waals surface area (Å²) >= 11 is 0. The van der Waals surface area contributed by atoms with Gasteiger partial charge in [0.25, 0.3) is 0 Å². The Labute approximate surface area is 84.7 Å². The normalized spacial score (nSPS) is 28.1. The molecule has 0 saturated carbocycles. The first-order chi connectivity index (χ1) is 5.88. The lowest BCUT2D eigenvalue weighted by atomic mass is 9.85. The Hall–Kier alpha value is -0.540. The Bertz CT molecular complexity index is 235. The fraction of sp³-hybridized carbons (Fsp3) is 0.667. The van der Waals surface area contributed by atoms with Crippen molar-refractivity contribution in [1.29, 1.82) is 0 Å². The highest BCUT2D eigenvalue weighted by Crippen LogP contribution is 2.27. The molecule has 4 heteroatoms. The molecule has 13 heavy (non-hydrogen) atoms. The van der Waals surface area contributed by atoms with Gasteiger partial charge in [0.05, 0.1) is 0 Å². The van der Waals surface area contributed by atoms with E-state index < -0.39 is 0 Å². The van der Waals surface area contributed by atoms with Crippen LogP contribution in [-0.4, -0.2) is 23.3 Å². The fourth-order valence-corrected chi connectivity index (χ4v) is 1.95. The van der Waals surface area contributed by atoms with Crippen LogP contribution in [0.2, 0.25) is 0 Å². The zero-order chi connectivity index (χ0) is 8.39. The maximum Gasteiger partial charge on any atom is 0.0490 e. The minimum absolute atomic E-state index is 0. The van der Waals surface area contributed by atoms with Crippen molar-refractivity contribution in [3.8, 4) is 0 Å². The molecule has 0 radical (unpaired) electrons. The third-order valence-corrected chi connectivity index (χ3v) is 2.71. The monoisotopic (exact) mass is 201 g/mol. The molecule has 0 amide bonds. The largest absolute Gasteiger partial charge is 0.316 e. The first-order valence-corrected chi connectivity index (χ1v) is 4.58. The number of nitrogens with zero attached hydrogens (tertiary/aromatic N) is 1. The van der Waals surface area contributed by atoms with Gasteiger partial charge in [-0.15, -0.1) is 12.4 Å². The standard InChI is InChI=1S/C9H15N3.ClH/c1-7-6-10-4-2-8(7)9-3-5-11-12-9;/h3,5,7-8,10H,2,4,6H2,1H3,(H,11,12);1H. The number of hydrogen-bond donors (Lipinski definition) is 2. The number of halogens is 1. The number of hydrogen-bond acceptors (Lipinski definition) is 2. The number of rotatable bonds is 1. The van der Waals surface area contributed by atoms with Gasteiger partial charge in [0, 0.05) is 17.8 Å². The lowest BCUT2D eigenvalue weighted by Crippen LogP contribution is -2.33. The molecule has 3 nitrogen and oxygen atoms in total. The second-order valence-corrected chi connectivity index (χ2v) is 3.59. The number of H-pyrrole nitrogens is 1. The highest BCUT2D eigenvalue weighted by molar-refractivity contribution is 5.85.